The number of ketones is 1. The van der Waals surface area contributed by atoms with Gasteiger partial charge in [0.25, 0.3) is 0 Å². The van der Waals surface area contributed by atoms with Crippen LogP contribution in [0, 0.1) is 0 Å². The number of benzene rings is 2. The highest BCUT2D eigenvalue weighted by Crippen LogP contribution is 2.27. The van der Waals surface area contributed by atoms with Gasteiger partial charge in [0, 0.05) is 12.0 Å². The van der Waals surface area contributed by atoms with Crippen molar-refractivity contribution in [1.82, 2.24) is 0 Å². The molecule has 0 amide bonds. The first-order valence-corrected chi connectivity index (χ1v) is 6.77. The van der Waals surface area contributed by atoms with Crippen molar-refractivity contribution in [3.05, 3.63) is 53.6 Å². The Labute approximate surface area is 123 Å². The zero-order valence-electron chi connectivity index (χ0n) is 11.9. The van der Waals surface area contributed by atoms with E-state index in [4.69, 9.17) is 4.74 Å². The summed E-state index contributed by atoms with van der Waals surface area (Å²) in [7, 11) is 0. The summed E-state index contributed by atoms with van der Waals surface area (Å²) in [5.41, 5.74) is 1.60. The smallest absolute Gasteiger partial charge is 0.161 e. The van der Waals surface area contributed by atoms with E-state index in [1.165, 1.54) is 0 Å². The molecular formula is C17H18O4. The lowest BCUT2D eigenvalue weighted by Gasteiger charge is -2.10. The van der Waals surface area contributed by atoms with E-state index in [0.29, 0.717) is 24.2 Å². The normalized spacial score (nSPS) is 10.3. The van der Waals surface area contributed by atoms with Crippen molar-refractivity contribution in [1.29, 1.82) is 0 Å². The lowest BCUT2D eigenvalue weighted by atomic mass is 10.0. The van der Waals surface area contributed by atoms with Crippen LogP contribution >= 0.6 is 0 Å². The van der Waals surface area contributed by atoms with E-state index >= 15 is 0 Å². The van der Waals surface area contributed by atoms with Crippen molar-refractivity contribution in [2.24, 2.45) is 0 Å². The number of para-hydroxylation sites is 2. The van der Waals surface area contributed by atoms with Crippen LogP contribution in [0.2, 0.25) is 0 Å². The van der Waals surface area contributed by atoms with Gasteiger partial charge in [0.2, 0.25) is 0 Å². The minimum Gasteiger partial charge on any atom is -0.508 e. The Balaban J connectivity index is 2.07. The van der Waals surface area contributed by atoms with E-state index in [-0.39, 0.29) is 23.9 Å². The van der Waals surface area contributed by atoms with Crippen molar-refractivity contribution < 1.29 is 19.7 Å². The summed E-state index contributed by atoms with van der Waals surface area (Å²) >= 11 is 0. The first kappa shape index (κ1) is 14.9. The summed E-state index contributed by atoms with van der Waals surface area (Å²) < 4.78 is 5.51. The molecule has 0 fully saturated rings. The van der Waals surface area contributed by atoms with Crippen molar-refractivity contribution in [3.8, 4) is 17.2 Å². The summed E-state index contributed by atoms with van der Waals surface area (Å²) in [4.78, 5) is 11.0. The Hall–Kier alpha value is -2.49. The molecule has 0 aliphatic carbocycles. The third-order valence-electron chi connectivity index (χ3n) is 3.16. The number of hydrogen-bond donors (Lipinski definition) is 2. The quantitative estimate of drug-likeness (QED) is 0.855. The number of aromatic hydroxyl groups is 2. The zero-order valence-corrected chi connectivity index (χ0v) is 11.9. The van der Waals surface area contributed by atoms with E-state index in [0.717, 1.165) is 5.56 Å². The molecular weight excluding hydrogens is 268 g/mol. The Morgan fingerprint density at radius 2 is 1.86 bits per heavy atom. The number of aryl methyl sites for hydroxylation is 1. The van der Waals surface area contributed by atoms with E-state index in [1.807, 2.05) is 6.07 Å². The maximum Gasteiger partial charge on any atom is 0.161 e. The second-order valence-corrected chi connectivity index (χ2v) is 4.92. The van der Waals surface area contributed by atoms with Crippen LogP contribution in [0.1, 0.15) is 24.5 Å². The predicted octanol–water partition coefficient (Wildman–Crippen LogP) is 3.20. The number of ether oxygens (including phenoxy) is 1. The van der Waals surface area contributed by atoms with Gasteiger partial charge >= 0.3 is 0 Å². The monoisotopic (exact) mass is 286 g/mol. The number of carbonyl (C=O) groups is 1. The van der Waals surface area contributed by atoms with Crippen LogP contribution in [0.15, 0.2) is 42.5 Å². The molecule has 0 saturated heterocycles. The van der Waals surface area contributed by atoms with E-state index in [1.54, 1.807) is 43.3 Å². The highest BCUT2D eigenvalue weighted by molar-refractivity contribution is 5.75. The molecule has 4 heteroatoms. The first-order chi connectivity index (χ1) is 10.1. The van der Waals surface area contributed by atoms with Gasteiger partial charge in [-0.15, -0.1) is 0 Å². The third-order valence-corrected chi connectivity index (χ3v) is 3.16. The van der Waals surface area contributed by atoms with Crippen LogP contribution in [0.25, 0.3) is 0 Å². The lowest BCUT2D eigenvalue weighted by molar-refractivity contribution is -0.116. The van der Waals surface area contributed by atoms with Crippen LogP contribution in [-0.2, 0) is 17.8 Å². The fraction of sp³-hybridized carbons (Fsp3) is 0.235. The van der Waals surface area contributed by atoms with Gasteiger partial charge < -0.3 is 19.7 Å². The molecule has 2 aromatic carbocycles. The predicted molar refractivity (Wildman–Crippen MR) is 79.5 cm³/mol. The topological polar surface area (TPSA) is 66.8 Å². The van der Waals surface area contributed by atoms with Gasteiger partial charge in [-0.25, -0.2) is 0 Å². The zero-order chi connectivity index (χ0) is 15.2. The molecule has 2 rings (SSSR count). The molecule has 0 aliphatic heterocycles. The van der Waals surface area contributed by atoms with Crippen molar-refractivity contribution in [3.63, 3.8) is 0 Å². The molecule has 110 valence electrons. The van der Waals surface area contributed by atoms with Gasteiger partial charge in [0.05, 0.1) is 0 Å². The van der Waals surface area contributed by atoms with Crippen molar-refractivity contribution in [2.45, 2.75) is 26.4 Å². The van der Waals surface area contributed by atoms with Gasteiger partial charge in [-0.3, -0.25) is 0 Å². The van der Waals surface area contributed by atoms with Crippen LogP contribution in [0.5, 0.6) is 17.2 Å². The molecule has 4 nitrogen and oxygen atoms in total. The molecule has 21 heavy (non-hydrogen) atoms. The van der Waals surface area contributed by atoms with E-state index in [2.05, 4.69) is 0 Å². The van der Waals surface area contributed by atoms with Crippen LogP contribution in [0.3, 0.4) is 0 Å². The summed E-state index contributed by atoms with van der Waals surface area (Å²) in [5.74, 6) is 0.697. The lowest BCUT2D eigenvalue weighted by Crippen LogP contribution is -1.99. The highest BCUT2D eigenvalue weighted by Gasteiger charge is 2.07. The van der Waals surface area contributed by atoms with Crippen molar-refractivity contribution in [2.75, 3.05) is 0 Å². The summed E-state index contributed by atoms with van der Waals surface area (Å²) in [6, 6.07) is 11.9. The molecule has 0 bridgehead atoms. The largest absolute Gasteiger partial charge is 0.508 e. The molecule has 0 unspecified atom stereocenters. The average molecular weight is 286 g/mol. The number of phenols is 2. The van der Waals surface area contributed by atoms with Gasteiger partial charge in [0.1, 0.15) is 18.1 Å². The number of carbonyl (C=O) groups excluding carboxylic acids is 1. The molecule has 0 atom stereocenters. The minimum absolute atomic E-state index is 0.0599. The van der Waals surface area contributed by atoms with Gasteiger partial charge in [0.15, 0.2) is 11.5 Å². The maximum atomic E-state index is 11.0. The van der Waals surface area contributed by atoms with E-state index < -0.39 is 0 Å². The second-order valence-electron chi connectivity index (χ2n) is 4.92. The maximum absolute atomic E-state index is 11.0. The summed E-state index contributed by atoms with van der Waals surface area (Å²) in [5, 5.41) is 19.5. The average Bonchev–Trinajstić information content (AvgIpc) is 2.46. The van der Waals surface area contributed by atoms with Gasteiger partial charge in [-0.2, -0.15) is 0 Å². The SMILES string of the molecule is CC(=O)CCc1ccc(O)c(COc2ccccc2O)c1. The van der Waals surface area contributed by atoms with Crippen LogP contribution < -0.4 is 4.74 Å². The Bertz CT molecular complexity index is 634. The van der Waals surface area contributed by atoms with Crippen LogP contribution in [-0.4, -0.2) is 16.0 Å². The molecule has 2 N–H and O–H groups in total. The van der Waals surface area contributed by atoms with Gasteiger partial charge in [-0.1, -0.05) is 18.2 Å². The Morgan fingerprint density at radius 3 is 2.57 bits per heavy atom. The molecule has 0 aromatic heterocycles. The molecule has 0 radical (unpaired) electrons. The van der Waals surface area contributed by atoms with Crippen LogP contribution in [0.4, 0.5) is 0 Å². The number of hydrogen-bond acceptors (Lipinski definition) is 4. The summed E-state index contributed by atoms with van der Waals surface area (Å²) in [6.45, 7) is 1.71. The standard InChI is InChI=1S/C17H18O4/c1-12(18)6-7-13-8-9-15(19)14(10-13)11-21-17-5-3-2-4-16(17)20/h2-5,8-10,19-20H,6-7,11H2,1H3. The molecule has 0 spiro atoms. The fourth-order valence-corrected chi connectivity index (χ4v) is 1.97. The fourth-order valence-electron chi connectivity index (χ4n) is 1.97. The second kappa shape index (κ2) is 6.79. The van der Waals surface area contributed by atoms with Crippen molar-refractivity contribution >= 4 is 5.78 Å². The Kier molecular flexibility index (Phi) is 4.82. The molecule has 0 heterocycles. The number of Topliss-reactive ketones (excluding diaryl/α,β-unsaturated/α-hetero) is 1. The van der Waals surface area contributed by atoms with E-state index in [9.17, 15) is 15.0 Å². The number of rotatable bonds is 6. The number of phenolic OH excluding ortho intramolecular Hbond substituents is 2. The minimum atomic E-state index is 0.0599. The molecule has 0 aliphatic rings. The summed E-state index contributed by atoms with van der Waals surface area (Å²) in [6.07, 6.45) is 1.11. The molecule has 0 saturated carbocycles. The highest BCUT2D eigenvalue weighted by atomic mass is 16.5. The van der Waals surface area contributed by atoms with Gasteiger partial charge in [-0.05, 0) is 43.2 Å². The third kappa shape index (κ3) is 4.24. The Morgan fingerprint density at radius 1 is 1.10 bits per heavy atom. The molecule has 2 aromatic rings. The first-order valence-electron chi connectivity index (χ1n) is 6.77.